The molecule has 11 heteroatoms. The van der Waals surface area contributed by atoms with Crippen LogP contribution in [-0.2, 0) is 26.7 Å². The van der Waals surface area contributed by atoms with Gasteiger partial charge in [-0.15, -0.1) is 0 Å². The Kier molecular flexibility index (Phi) is 12.2. The standard InChI is InChI=1S/C10H7F3O2.C8H5F3O.C3H6O2/c11-10(12,13)8-3-1-2-7(6-8)9(15)4-5-14;9-8(10,11)7-3-1-2-6(4-7)5-12;1-2-5-3-4/h1-3,5-6H,4H2;1-5H;3H,2H2,1H3. The summed E-state index contributed by atoms with van der Waals surface area (Å²) in [6.45, 7) is 2.66. The average Bonchev–Trinajstić information content (AvgIpc) is 2.74. The summed E-state index contributed by atoms with van der Waals surface area (Å²) in [5.41, 5.74) is -1.76. The Labute approximate surface area is 179 Å². The second-order valence-corrected chi connectivity index (χ2v) is 5.67. The predicted molar refractivity (Wildman–Crippen MR) is 101 cm³/mol. The van der Waals surface area contributed by atoms with Gasteiger partial charge in [0.15, 0.2) is 5.78 Å². The highest BCUT2D eigenvalue weighted by atomic mass is 19.4. The molecule has 2 aromatic rings. The highest BCUT2D eigenvalue weighted by Crippen LogP contribution is 2.30. The predicted octanol–water partition coefficient (Wildman–Crippen LogP) is 5.17. The second kappa shape index (κ2) is 13.7. The Hall–Kier alpha value is -3.50. The number of aldehydes is 2. The summed E-state index contributed by atoms with van der Waals surface area (Å²) in [5.74, 6) is -0.615. The maximum atomic E-state index is 12.2. The van der Waals surface area contributed by atoms with Crippen molar-refractivity contribution in [2.24, 2.45) is 0 Å². The molecule has 0 amide bonds. The first-order chi connectivity index (χ1) is 14.9. The number of hydrogen-bond donors (Lipinski definition) is 0. The smallest absolute Gasteiger partial charge is 0.416 e. The Bertz CT molecular complexity index is 891. The van der Waals surface area contributed by atoms with Crippen LogP contribution in [0.5, 0.6) is 0 Å². The van der Waals surface area contributed by atoms with Gasteiger partial charge in [-0.2, -0.15) is 26.3 Å². The molecule has 0 unspecified atom stereocenters. The molecular weight excluding hydrogens is 446 g/mol. The number of ether oxygens (including phenoxy) is 1. The zero-order chi connectivity index (χ0) is 24.8. The summed E-state index contributed by atoms with van der Waals surface area (Å²) >= 11 is 0. The van der Waals surface area contributed by atoms with Gasteiger partial charge in [0.2, 0.25) is 0 Å². The van der Waals surface area contributed by atoms with E-state index in [0.717, 1.165) is 30.3 Å². The Balaban J connectivity index is 0.000000505. The molecule has 0 aliphatic carbocycles. The third-order valence-electron chi connectivity index (χ3n) is 3.37. The van der Waals surface area contributed by atoms with Crippen LogP contribution in [0.2, 0.25) is 0 Å². The van der Waals surface area contributed by atoms with Gasteiger partial charge >= 0.3 is 12.4 Å². The van der Waals surface area contributed by atoms with Crippen LogP contribution in [0.3, 0.4) is 0 Å². The van der Waals surface area contributed by atoms with Crippen molar-refractivity contribution in [3.05, 3.63) is 70.8 Å². The number of halogens is 6. The highest BCUT2D eigenvalue weighted by molar-refractivity contribution is 6.02. The van der Waals surface area contributed by atoms with Gasteiger partial charge in [-0.05, 0) is 31.2 Å². The van der Waals surface area contributed by atoms with E-state index < -0.39 is 35.7 Å². The average molecular weight is 464 g/mol. The lowest BCUT2D eigenvalue weighted by Gasteiger charge is -2.07. The monoisotopic (exact) mass is 464 g/mol. The fraction of sp³-hybridized carbons (Fsp3) is 0.238. The minimum atomic E-state index is -4.47. The van der Waals surface area contributed by atoms with E-state index in [1.807, 2.05) is 0 Å². The normalized spacial score (nSPS) is 10.5. The van der Waals surface area contributed by atoms with E-state index >= 15 is 0 Å². The molecule has 2 aromatic carbocycles. The topological polar surface area (TPSA) is 77.5 Å². The molecule has 0 radical (unpaired) electrons. The van der Waals surface area contributed by atoms with Gasteiger partial charge in [-0.1, -0.05) is 24.3 Å². The van der Waals surface area contributed by atoms with Gasteiger partial charge in [0, 0.05) is 11.1 Å². The van der Waals surface area contributed by atoms with E-state index in [2.05, 4.69) is 4.74 Å². The van der Waals surface area contributed by atoms with Crippen molar-refractivity contribution in [3.8, 4) is 0 Å². The summed E-state index contributed by atoms with van der Waals surface area (Å²) in [5, 5.41) is 0. The molecule has 0 heterocycles. The van der Waals surface area contributed by atoms with E-state index in [1.54, 1.807) is 6.92 Å². The van der Waals surface area contributed by atoms with Crippen LogP contribution in [0, 0.1) is 0 Å². The number of carbonyl (C=O) groups excluding carboxylic acids is 4. The molecule has 2 rings (SSSR count). The summed E-state index contributed by atoms with van der Waals surface area (Å²) in [4.78, 5) is 40.5. The van der Waals surface area contributed by atoms with Gasteiger partial charge in [0.05, 0.1) is 24.2 Å². The Morgan fingerprint density at radius 1 is 0.875 bits per heavy atom. The quantitative estimate of drug-likeness (QED) is 0.255. The maximum absolute atomic E-state index is 12.2. The third-order valence-corrected chi connectivity index (χ3v) is 3.37. The van der Waals surface area contributed by atoms with E-state index in [4.69, 9.17) is 0 Å². The van der Waals surface area contributed by atoms with Crippen molar-refractivity contribution in [2.75, 3.05) is 6.61 Å². The highest BCUT2D eigenvalue weighted by Gasteiger charge is 2.31. The number of Topliss-reactive ketones (excluding diaryl/α,β-unsaturated/α-hetero) is 1. The minimum Gasteiger partial charge on any atom is -0.468 e. The molecule has 32 heavy (non-hydrogen) atoms. The van der Waals surface area contributed by atoms with Crippen molar-refractivity contribution < 1.29 is 50.3 Å². The van der Waals surface area contributed by atoms with Gasteiger partial charge in [0.25, 0.3) is 6.47 Å². The molecule has 0 atom stereocenters. The number of ketones is 1. The largest absolute Gasteiger partial charge is 0.468 e. The molecule has 0 saturated heterocycles. The molecule has 0 saturated carbocycles. The SMILES string of the molecule is CCOC=O.O=CCC(=O)c1cccc(C(F)(F)F)c1.O=Cc1cccc(C(F)(F)F)c1. The molecule has 0 aromatic heterocycles. The second-order valence-electron chi connectivity index (χ2n) is 5.67. The van der Waals surface area contributed by atoms with Gasteiger partial charge < -0.3 is 9.53 Å². The minimum absolute atomic E-state index is 0.0322. The number of alkyl halides is 6. The van der Waals surface area contributed by atoms with Crippen LogP contribution in [-0.4, -0.2) is 31.4 Å². The number of hydrogen-bond acceptors (Lipinski definition) is 5. The van der Waals surface area contributed by atoms with Crippen LogP contribution in [0.4, 0.5) is 26.3 Å². The van der Waals surface area contributed by atoms with Crippen molar-refractivity contribution in [1.29, 1.82) is 0 Å². The zero-order valence-electron chi connectivity index (χ0n) is 16.6. The van der Waals surface area contributed by atoms with Gasteiger partial charge in [-0.3, -0.25) is 14.4 Å². The lowest BCUT2D eigenvalue weighted by molar-refractivity contribution is -0.138. The molecule has 0 fully saturated rings. The molecule has 0 aliphatic heterocycles. The molecule has 0 N–H and O–H groups in total. The van der Waals surface area contributed by atoms with Crippen LogP contribution in [0.25, 0.3) is 0 Å². The first-order valence-corrected chi connectivity index (χ1v) is 8.72. The first kappa shape index (κ1) is 28.5. The number of benzene rings is 2. The van der Waals surface area contributed by atoms with E-state index in [9.17, 15) is 45.5 Å². The van der Waals surface area contributed by atoms with E-state index in [1.165, 1.54) is 18.2 Å². The Morgan fingerprint density at radius 3 is 1.81 bits per heavy atom. The molecule has 174 valence electrons. The molecular formula is C21H18F6O5. The summed E-state index contributed by atoms with van der Waals surface area (Å²) in [6.07, 6.45) is -8.50. The summed E-state index contributed by atoms with van der Waals surface area (Å²) in [7, 11) is 0. The zero-order valence-corrected chi connectivity index (χ0v) is 16.6. The maximum Gasteiger partial charge on any atom is 0.416 e. The van der Waals surface area contributed by atoms with E-state index in [0.29, 0.717) is 25.7 Å². The van der Waals surface area contributed by atoms with Crippen molar-refractivity contribution in [1.82, 2.24) is 0 Å². The summed E-state index contributed by atoms with van der Waals surface area (Å²) < 4.78 is 76.8. The van der Waals surface area contributed by atoms with Gasteiger partial charge in [0.1, 0.15) is 12.6 Å². The molecule has 0 bridgehead atoms. The van der Waals surface area contributed by atoms with Crippen LogP contribution >= 0.6 is 0 Å². The van der Waals surface area contributed by atoms with Crippen molar-refractivity contribution >= 4 is 24.8 Å². The molecule has 0 spiro atoms. The Morgan fingerprint density at radius 2 is 1.41 bits per heavy atom. The lowest BCUT2D eigenvalue weighted by Crippen LogP contribution is -2.07. The first-order valence-electron chi connectivity index (χ1n) is 8.72. The van der Waals surface area contributed by atoms with E-state index in [-0.39, 0.29) is 11.1 Å². The van der Waals surface area contributed by atoms with Crippen LogP contribution < -0.4 is 0 Å². The third kappa shape index (κ3) is 11.0. The fourth-order valence-electron chi connectivity index (χ4n) is 1.92. The van der Waals surface area contributed by atoms with Crippen molar-refractivity contribution in [3.63, 3.8) is 0 Å². The van der Waals surface area contributed by atoms with Crippen LogP contribution in [0.1, 0.15) is 45.2 Å². The molecule has 0 aliphatic rings. The summed E-state index contributed by atoms with van der Waals surface area (Å²) in [6, 6.07) is 8.26. The molecule has 5 nitrogen and oxygen atoms in total. The van der Waals surface area contributed by atoms with Crippen molar-refractivity contribution in [2.45, 2.75) is 25.7 Å². The van der Waals surface area contributed by atoms with Gasteiger partial charge in [-0.25, -0.2) is 0 Å². The van der Waals surface area contributed by atoms with Crippen LogP contribution in [0.15, 0.2) is 48.5 Å². The number of rotatable bonds is 6. The fourth-order valence-corrected chi connectivity index (χ4v) is 1.92. The lowest BCUT2D eigenvalue weighted by atomic mass is 10.1. The number of carbonyl (C=O) groups is 4.